The summed E-state index contributed by atoms with van der Waals surface area (Å²) >= 11 is 6.14. The Kier molecular flexibility index (Phi) is 6.64. The molecule has 0 bridgehead atoms. The quantitative estimate of drug-likeness (QED) is 0.634. The molecular formula is C24H24ClN2O3+. The number of amides is 1. The minimum absolute atomic E-state index is 0.208. The Balaban J connectivity index is 1.45. The maximum Gasteiger partial charge on any atom is 0.255 e. The van der Waals surface area contributed by atoms with Crippen molar-refractivity contribution in [3.63, 3.8) is 0 Å². The highest BCUT2D eigenvalue weighted by molar-refractivity contribution is 6.31. The molecule has 0 unspecified atom stereocenters. The van der Waals surface area contributed by atoms with Gasteiger partial charge in [-0.05, 0) is 42.5 Å². The van der Waals surface area contributed by atoms with E-state index in [9.17, 15) is 4.79 Å². The van der Waals surface area contributed by atoms with Gasteiger partial charge in [0.1, 0.15) is 25.4 Å². The van der Waals surface area contributed by atoms with Gasteiger partial charge >= 0.3 is 0 Å². The summed E-state index contributed by atoms with van der Waals surface area (Å²) in [6.07, 6.45) is 0. The Morgan fingerprint density at radius 3 is 2.47 bits per heavy atom. The first-order valence-electron chi connectivity index (χ1n) is 10.0. The van der Waals surface area contributed by atoms with Gasteiger partial charge in [-0.1, -0.05) is 41.9 Å². The summed E-state index contributed by atoms with van der Waals surface area (Å²) in [7, 11) is 0. The highest BCUT2D eigenvalue weighted by Crippen LogP contribution is 2.32. The lowest BCUT2D eigenvalue weighted by Gasteiger charge is -2.23. The van der Waals surface area contributed by atoms with E-state index in [1.807, 2.05) is 54.6 Å². The highest BCUT2D eigenvalue weighted by atomic mass is 35.5. The van der Waals surface area contributed by atoms with E-state index in [0.717, 1.165) is 32.8 Å². The summed E-state index contributed by atoms with van der Waals surface area (Å²) in [5, 5.41) is 3.44. The third kappa shape index (κ3) is 5.39. The number of quaternary nitrogens is 1. The Bertz CT molecular complexity index is 987. The molecule has 6 heteroatoms. The van der Waals surface area contributed by atoms with Crippen molar-refractivity contribution in [2.24, 2.45) is 0 Å². The predicted molar refractivity (Wildman–Crippen MR) is 118 cm³/mol. The summed E-state index contributed by atoms with van der Waals surface area (Å²) in [6.45, 7) is 4.59. The Hall–Kier alpha value is -2.86. The summed E-state index contributed by atoms with van der Waals surface area (Å²) < 4.78 is 11.3. The molecule has 1 amide bonds. The summed E-state index contributed by atoms with van der Waals surface area (Å²) in [5.74, 6) is 1.01. The van der Waals surface area contributed by atoms with Crippen LogP contribution in [-0.4, -0.2) is 32.2 Å². The summed E-state index contributed by atoms with van der Waals surface area (Å²) in [5.41, 5.74) is 2.32. The van der Waals surface area contributed by atoms with Crippen LogP contribution in [0, 0.1) is 0 Å². The first kappa shape index (κ1) is 20.4. The maximum absolute atomic E-state index is 12.8. The van der Waals surface area contributed by atoms with Crippen LogP contribution in [-0.2, 0) is 11.3 Å². The first-order chi connectivity index (χ1) is 14.7. The van der Waals surface area contributed by atoms with Gasteiger partial charge < -0.3 is 19.7 Å². The Labute approximate surface area is 181 Å². The van der Waals surface area contributed by atoms with Crippen molar-refractivity contribution in [2.45, 2.75) is 6.54 Å². The number of anilines is 1. The van der Waals surface area contributed by atoms with Gasteiger partial charge in [0.2, 0.25) is 0 Å². The van der Waals surface area contributed by atoms with E-state index in [-0.39, 0.29) is 5.91 Å². The first-order valence-corrected chi connectivity index (χ1v) is 10.4. The van der Waals surface area contributed by atoms with Crippen molar-refractivity contribution in [1.29, 1.82) is 0 Å². The molecule has 0 atom stereocenters. The predicted octanol–water partition coefficient (Wildman–Crippen LogP) is 3.80. The van der Waals surface area contributed by atoms with Crippen LogP contribution in [0.3, 0.4) is 0 Å². The number of benzene rings is 3. The van der Waals surface area contributed by atoms with Crippen LogP contribution in [0.25, 0.3) is 0 Å². The van der Waals surface area contributed by atoms with Crippen molar-refractivity contribution >= 4 is 23.2 Å². The lowest BCUT2D eigenvalue weighted by atomic mass is 10.1. The van der Waals surface area contributed by atoms with E-state index in [4.69, 9.17) is 21.1 Å². The fourth-order valence-electron chi connectivity index (χ4n) is 3.40. The smallest absolute Gasteiger partial charge is 0.255 e. The number of morpholine rings is 1. The lowest BCUT2D eigenvalue weighted by Crippen LogP contribution is -3.12. The van der Waals surface area contributed by atoms with Gasteiger partial charge in [0.15, 0.2) is 5.75 Å². The number of rotatable bonds is 6. The van der Waals surface area contributed by atoms with Crippen LogP contribution >= 0.6 is 11.6 Å². The van der Waals surface area contributed by atoms with Gasteiger partial charge in [-0.25, -0.2) is 0 Å². The number of hydrogen-bond donors (Lipinski definition) is 2. The minimum Gasteiger partial charge on any atom is -0.455 e. The zero-order valence-corrected chi connectivity index (χ0v) is 17.3. The molecule has 1 heterocycles. The van der Waals surface area contributed by atoms with Gasteiger partial charge in [-0.3, -0.25) is 4.79 Å². The van der Waals surface area contributed by atoms with Gasteiger partial charge in [-0.15, -0.1) is 0 Å². The van der Waals surface area contributed by atoms with Crippen molar-refractivity contribution in [3.8, 4) is 11.5 Å². The van der Waals surface area contributed by atoms with Crippen LogP contribution in [0.5, 0.6) is 11.5 Å². The number of hydrogen-bond acceptors (Lipinski definition) is 3. The number of para-hydroxylation sites is 1. The van der Waals surface area contributed by atoms with Gasteiger partial charge in [0.25, 0.3) is 5.91 Å². The SMILES string of the molecule is O=C(Nc1cc(Cl)ccc1Oc1ccccc1)c1ccc(C[NH+]2CCOCC2)cc1. The molecule has 0 aromatic heterocycles. The average molecular weight is 424 g/mol. The van der Waals surface area contributed by atoms with Crippen LogP contribution in [0.1, 0.15) is 15.9 Å². The molecule has 1 aliphatic heterocycles. The van der Waals surface area contributed by atoms with Crippen molar-refractivity contribution in [1.82, 2.24) is 0 Å². The number of nitrogens with one attached hydrogen (secondary N) is 2. The van der Waals surface area contributed by atoms with Crippen LogP contribution in [0.4, 0.5) is 5.69 Å². The molecule has 30 heavy (non-hydrogen) atoms. The van der Waals surface area contributed by atoms with Crippen molar-refractivity contribution < 1.29 is 19.2 Å². The van der Waals surface area contributed by atoms with Crippen LogP contribution in [0.2, 0.25) is 5.02 Å². The molecule has 0 radical (unpaired) electrons. The van der Waals surface area contributed by atoms with Crippen LogP contribution in [0.15, 0.2) is 72.8 Å². The largest absolute Gasteiger partial charge is 0.455 e. The normalized spacial score (nSPS) is 14.3. The second kappa shape index (κ2) is 9.76. The average Bonchev–Trinajstić information content (AvgIpc) is 2.77. The van der Waals surface area contributed by atoms with E-state index >= 15 is 0 Å². The van der Waals surface area contributed by atoms with Crippen molar-refractivity contribution in [2.75, 3.05) is 31.6 Å². The third-order valence-corrected chi connectivity index (χ3v) is 5.27. The minimum atomic E-state index is -0.208. The van der Waals surface area contributed by atoms with E-state index in [0.29, 0.717) is 27.8 Å². The molecule has 1 aliphatic rings. The molecular weight excluding hydrogens is 400 g/mol. The van der Waals surface area contributed by atoms with Gasteiger partial charge in [0, 0.05) is 16.1 Å². The molecule has 1 saturated heterocycles. The van der Waals surface area contributed by atoms with E-state index in [1.165, 1.54) is 10.5 Å². The second-order valence-corrected chi connectivity index (χ2v) is 7.68. The summed E-state index contributed by atoms with van der Waals surface area (Å²) in [4.78, 5) is 14.3. The summed E-state index contributed by atoms with van der Waals surface area (Å²) in [6, 6.07) is 22.3. The zero-order chi connectivity index (χ0) is 20.8. The maximum atomic E-state index is 12.8. The molecule has 0 aliphatic carbocycles. The fourth-order valence-corrected chi connectivity index (χ4v) is 3.57. The fraction of sp³-hybridized carbons (Fsp3) is 0.208. The molecule has 154 valence electrons. The van der Waals surface area contributed by atoms with E-state index in [1.54, 1.807) is 18.2 Å². The van der Waals surface area contributed by atoms with E-state index < -0.39 is 0 Å². The molecule has 3 aromatic carbocycles. The van der Waals surface area contributed by atoms with Crippen molar-refractivity contribution in [3.05, 3.63) is 88.9 Å². The monoisotopic (exact) mass is 423 g/mol. The molecule has 3 aromatic rings. The number of carbonyl (C=O) groups excluding carboxylic acids is 1. The number of ether oxygens (including phenoxy) is 2. The Morgan fingerprint density at radius 1 is 1.00 bits per heavy atom. The highest BCUT2D eigenvalue weighted by Gasteiger charge is 2.15. The topological polar surface area (TPSA) is 52.0 Å². The lowest BCUT2D eigenvalue weighted by molar-refractivity contribution is -0.921. The van der Waals surface area contributed by atoms with E-state index in [2.05, 4.69) is 5.32 Å². The second-order valence-electron chi connectivity index (χ2n) is 7.25. The zero-order valence-electron chi connectivity index (χ0n) is 16.6. The Morgan fingerprint density at radius 2 is 1.73 bits per heavy atom. The molecule has 5 nitrogen and oxygen atoms in total. The molecule has 1 fully saturated rings. The number of carbonyl (C=O) groups is 1. The number of halogens is 1. The standard InChI is InChI=1S/C24H23ClN2O3/c25-20-10-11-23(30-21-4-2-1-3-5-21)22(16-20)26-24(28)19-8-6-18(7-9-19)17-27-12-14-29-15-13-27/h1-11,16H,12-15,17H2,(H,26,28)/p+1. The van der Waals surface area contributed by atoms with Gasteiger partial charge in [-0.2, -0.15) is 0 Å². The molecule has 0 spiro atoms. The third-order valence-electron chi connectivity index (χ3n) is 5.03. The van der Waals surface area contributed by atoms with Crippen LogP contribution < -0.4 is 15.0 Å². The van der Waals surface area contributed by atoms with Gasteiger partial charge in [0.05, 0.1) is 18.9 Å². The molecule has 2 N–H and O–H groups in total. The molecule has 0 saturated carbocycles. The molecule has 4 rings (SSSR count).